The quantitative estimate of drug-likeness (QED) is 0.464. The van der Waals surface area contributed by atoms with Crippen LogP contribution >= 0.6 is 0 Å². The summed E-state index contributed by atoms with van der Waals surface area (Å²) < 4.78 is 33.3. The van der Waals surface area contributed by atoms with E-state index >= 15 is 8.63 Å². The van der Waals surface area contributed by atoms with Crippen LogP contribution in [0.3, 0.4) is 0 Å². The third-order valence-electron chi connectivity index (χ3n) is 5.25. The van der Waals surface area contributed by atoms with Crippen molar-refractivity contribution in [3.05, 3.63) is 64.1 Å². The molecule has 0 amide bonds. The molecule has 2 aliphatic heterocycles. The average molecular weight is 355 g/mol. The Balaban J connectivity index is 2.17. The maximum atomic E-state index is 15.5. The van der Waals surface area contributed by atoms with Gasteiger partial charge in [0, 0.05) is 24.3 Å². The SMILES string of the molecule is CC1=CC(C)=[N+]2C1=C(c1ccc(O)c(N)c1)c1c(C)cc(C)n1[B-]2(F)F. The van der Waals surface area contributed by atoms with Gasteiger partial charge in [-0.3, -0.25) is 0 Å². The number of nitrogens with two attached hydrogens (primary N) is 1. The van der Waals surface area contributed by atoms with Gasteiger partial charge in [-0.25, -0.2) is 0 Å². The van der Waals surface area contributed by atoms with Crippen molar-refractivity contribution in [1.29, 1.82) is 0 Å². The second-order valence-corrected chi connectivity index (χ2v) is 7.11. The van der Waals surface area contributed by atoms with Gasteiger partial charge in [0.05, 0.1) is 11.3 Å². The number of halogens is 2. The van der Waals surface area contributed by atoms with Crippen molar-refractivity contribution in [2.75, 3.05) is 5.73 Å². The largest absolute Gasteiger partial charge is 0.737 e. The van der Waals surface area contributed by atoms with Gasteiger partial charge in [-0.2, -0.15) is 0 Å². The molecule has 0 spiro atoms. The fourth-order valence-electron chi connectivity index (χ4n) is 4.28. The minimum atomic E-state index is -3.99. The summed E-state index contributed by atoms with van der Waals surface area (Å²) in [6.07, 6.45) is 1.78. The number of phenolic OH excluding ortho intramolecular Hbond substituents is 1. The Morgan fingerprint density at radius 1 is 1.12 bits per heavy atom. The summed E-state index contributed by atoms with van der Waals surface area (Å²) in [4.78, 5) is 0. The first kappa shape index (κ1) is 16.6. The van der Waals surface area contributed by atoms with Crippen molar-refractivity contribution in [3.63, 3.8) is 0 Å². The normalized spacial score (nSPS) is 18.2. The highest BCUT2D eigenvalue weighted by molar-refractivity contribution is 6.58. The number of aromatic hydroxyl groups is 1. The van der Waals surface area contributed by atoms with Crippen LogP contribution in [0.5, 0.6) is 5.75 Å². The molecule has 7 heteroatoms. The summed E-state index contributed by atoms with van der Waals surface area (Å²) in [7, 11) is 0. The molecular weight excluding hydrogens is 335 g/mol. The van der Waals surface area contributed by atoms with Gasteiger partial charge in [0.25, 0.3) is 0 Å². The summed E-state index contributed by atoms with van der Waals surface area (Å²) in [6.45, 7) is 3.10. The molecule has 134 valence electrons. The predicted molar refractivity (Wildman–Crippen MR) is 101 cm³/mol. The molecule has 1 aromatic carbocycles. The van der Waals surface area contributed by atoms with Gasteiger partial charge in [-0.15, -0.1) is 0 Å². The third-order valence-corrected chi connectivity index (χ3v) is 5.25. The van der Waals surface area contributed by atoms with Crippen LogP contribution in [0.1, 0.15) is 36.4 Å². The van der Waals surface area contributed by atoms with E-state index in [1.165, 1.54) is 6.07 Å². The molecular formula is C19H20BF2N3O. The van der Waals surface area contributed by atoms with Gasteiger partial charge >= 0.3 is 6.97 Å². The number of benzene rings is 1. The summed E-state index contributed by atoms with van der Waals surface area (Å²) in [6, 6.07) is 6.64. The van der Waals surface area contributed by atoms with Crippen LogP contribution in [-0.4, -0.2) is 26.8 Å². The highest BCUT2D eigenvalue weighted by Crippen LogP contribution is 2.44. The van der Waals surface area contributed by atoms with Gasteiger partial charge in [-0.1, -0.05) is 6.07 Å². The number of nitrogens with zero attached hydrogens (tertiary/aromatic N) is 2. The Bertz CT molecular complexity index is 1080. The van der Waals surface area contributed by atoms with Gasteiger partial charge in [-0.05, 0) is 55.8 Å². The zero-order chi connectivity index (χ0) is 19.0. The van der Waals surface area contributed by atoms with Crippen LogP contribution in [0, 0.1) is 13.8 Å². The second-order valence-electron chi connectivity index (χ2n) is 7.11. The van der Waals surface area contributed by atoms with E-state index in [1.807, 2.05) is 13.8 Å². The van der Waals surface area contributed by atoms with Crippen LogP contribution in [0.15, 0.2) is 41.6 Å². The Morgan fingerprint density at radius 2 is 1.81 bits per heavy atom. The highest BCUT2D eigenvalue weighted by Gasteiger charge is 2.55. The van der Waals surface area contributed by atoms with E-state index in [-0.39, 0.29) is 11.4 Å². The van der Waals surface area contributed by atoms with E-state index in [0.717, 1.165) is 20.1 Å². The number of anilines is 1. The van der Waals surface area contributed by atoms with Crippen molar-refractivity contribution >= 4 is 23.9 Å². The minimum absolute atomic E-state index is 0.0220. The number of rotatable bonds is 1. The zero-order valence-corrected chi connectivity index (χ0v) is 15.1. The Morgan fingerprint density at radius 3 is 2.46 bits per heavy atom. The predicted octanol–water partition coefficient (Wildman–Crippen LogP) is 3.82. The molecule has 1 aromatic heterocycles. The number of allylic oxidation sites excluding steroid dienone is 2. The molecule has 0 saturated carbocycles. The van der Waals surface area contributed by atoms with Crippen LogP contribution in [-0.2, 0) is 0 Å². The summed E-state index contributed by atoms with van der Waals surface area (Å²) >= 11 is 0. The smallest absolute Gasteiger partial charge is 0.506 e. The fraction of sp³-hybridized carbons (Fsp3) is 0.211. The molecule has 0 fully saturated rings. The van der Waals surface area contributed by atoms with Crippen molar-refractivity contribution in [1.82, 2.24) is 4.48 Å². The molecule has 4 nitrogen and oxygen atoms in total. The Labute approximate surface area is 150 Å². The van der Waals surface area contributed by atoms with E-state index in [4.69, 9.17) is 5.73 Å². The average Bonchev–Trinajstić information content (AvgIpc) is 3.01. The van der Waals surface area contributed by atoms with Gasteiger partial charge < -0.3 is 28.4 Å². The van der Waals surface area contributed by atoms with Crippen LogP contribution in [0.2, 0.25) is 0 Å². The lowest BCUT2D eigenvalue weighted by Gasteiger charge is -2.34. The topological polar surface area (TPSA) is 54.2 Å². The summed E-state index contributed by atoms with van der Waals surface area (Å²) in [5.74, 6) is -0.0220. The van der Waals surface area contributed by atoms with Crippen molar-refractivity contribution in [2.24, 2.45) is 0 Å². The van der Waals surface area contributed by atoms with E-state index < -0.39 is 6.97 Å². The van der Waals surface area contributed by atoms with Crippen LogP contribution < -0.4 is 5.73 Å². The van der Waals surface area contributed by atoms with E-state index in [0.29, 0.717) is 33.9 Å². The van der Waals surface area contributed by atoms with Crippen molar-refractivity contribution < 1.29 is 18.2 Å². The monoisotopic (exact) mass is 355 g/mol. The van der Waals surface area contributed by atoms with Crippen LogP contribution in [0.25, 0.3) is 5.57 Å². The molecule has 3 heterocycles. The summed E-state index contributed by atoms with van der Waals surface area (Å²) in [5, 5.41) is 9.77. The third kappa shape index (κ3) is 1.97. The first-order valence-electron chi connectivity index (χ1n) is 8.50. The standard InChI is InChI=1S/C19H20BF2N3O/c1-10-7-12(3)24-18(10)17(14-5-6-16(26)15(23)9-14)19-11(2)8-13(4)25(19)20(24,21)22/h5-9,26H,23H2,1-4H3. The molecule has 2 aromatic rings. The Hall–Kier alpha value is -2.83. The first-order valence-corrected chi connectivity index (χ1v) is 8.50. The number of fused-ring (bicyclic) bond motifs is 2. The molecule has 0 saturated heterocycles. The maximum absolute atomic E-state index is 15.5. The number of phenols is 1. The van der Waals surface area contributed by atoms with E-state index in [9.17, 15) is 5.11 Å². The molecule has 26 heavy (non-hydrogen) atoms. The first-order chi connectivity index (χ1) is 12.1. The second kappa shape index (κ2) is 5.10. The number of aryl methyl sites for hydroxylation is 2. The highest BCUT2D eigenvalue weighted by atomic mass is 19.2. The number of nitrogen functional groups attached to an aromatic ring is 1. The number of hydrogen-bond donors (Lipinski definition) is 2. The van der Waals surface area contributed by atoms with E-state index in [2.05, 4.69) is 0 Å². The number of hydrogen-bond acceptors (Lipinski definition) is 2. The molecule has 3 N–H and O–H groups in total. The Kier molecular flexibility index (Phi) is 3.26. The molecule has 0 radical (unpaired) electrons. The lowest BCUT2D eigenvalue weighted by Crippen LogP contribution is -2.51. The number of aromatic nitrogens is 1. The molecule has 0 aliphatic carbocycles. The van der Waals surface area contributed by atoms with Gasteiger partial charge in [0.15, 0.2) is 5.70 Å². The molecule has 2 aliphatic rings. The fourth-order valence-corrected chi connectivity index (χ4v) is 4.28. The van der Waals surface area contributed by atoms with Gasteiger partial charge in [0.2, 0.25) is 0 Å². The van der Waals surface area contributed by atoms with Crippen LogP contribution in [0.4, 0.5) is 14.3 Å². The van der Waals surface area contributed by atoms with E-state index in [1.54, 1.807) is 38.1 Å². The lowest BCUT2D eigenvalue weighted by molar-refractivity contribution is -0.363. The minimum Gasteiger partial charge on any atom is -0.506 e. The maximum Gasteiger partial charge on any atom is 0.737 e. The van der Waals surface area contributed by atoms with Gasteiger partial charge in [0.1, 0.15) is 11.5 Å². The van der Waals surface area contributed by atoms with Crippen molar-refractivity contribution in [2.45, 2.75) is 27.7 Å². The molecule has 4 rings (SSSR count). The van der Waals surface area contributed by atoms with Crippen molar-refractivity contribution in [3.8, 4) is 5.75 Å². The molecule has 0 atom stereocenters. The summed E-state index contributed by atoms with van der Waals surface area (Å²) in [5.41, 5.74) is 11.1. The lowest BCUT2D eigenvalue weighted by atomic mass is 9.83. The molecule has 0 unspecified atom stereocenters. The molecule has 0 bridgehead atoms. The zero-order valence-electron chi connectivity index (χ0n) is 15.1.